The van der Waals surface area contributed by atoms with Crippen molar-refractivity contribution in [1.29, 1.82) is 0 Å². The van der Waals surface area contributed by atoms with Gasteiger partial charge in [0.1, 0.15) is 17.3 Å². The Morgan fingerprint density at radius 2 is 2.26 bits per heavy atom. The summed E-state index contributed by atoms with van der Waals surface area (Å²) in [5.74, 6) is 3.46. The van der Waals surface area contributed by atoms with E-state index in [4.69, 9.17) is 4.42 Å². The van der Waals surface area contributed by atoms with Gasteiger partial charge in [-0.15, -0.1) is 0 Å². The molecule has 3 heterocycles. The highest BCUT2D eigenvalue weighted by Gasteiger charge is 2.29. The topological polar surface area (TPSA) is 63.3 Å². The zero-order valence-corrected chi connectivity index (χ0v) is 13.4. The second kappa shape index (κ2) is 5.85. The van der Waals surface area contributed by atoms with Gasteiger partial charge in [-0.1, -0.05) is 0 Å². The van der Waals surface area contributed by atoms with Crippen molar-refractivity contribution in [2.45, 2.75) is 45.9 Å². The Balaban J connectivity index is 1.37. The molecule has 0 aromatic carbocycles. The lowest BCUT2D eigenvalue weighted by Gasteiger charge is -2.27. The van der Waals surface area contributed by atoms with E-state index < -0.39 is 0 Å². The third-order valence-corrected chi connectivity index (χ3v) is 4.59. The Hall–Kier alpha value is -2.08. The molecule has 1 fully saturated rings. The zero-order valence-electron chi connectivity index (χ0n) is 13.4. The minimum absolute atomic E-state index is 0.186. The molecule has 6 heteroatoms. The van der Waals surface area contributed by atoms with E-state index in [0.717, 1.165) is 62.1 Å². The summed E-state index contributed by atoms with van der Waals surface area (Å²) in [4.78, 5) is 18.6. The average molecular weight is 314 g/mol. The smallest absolute Gasteiger partial charge is 0.223 e. The maximum Gasteiger partial charge on any atom is 0.223 e. The van der Waals surface area contributed by atoms with Gasteiger partial charge < -0.3 is 14.3 Å². The van der Waals surface area contributed by atoms with Gasteiger partial charge in [-0.05, 0) is 31.9 Å². The third-order valence-electron chi connectivity index (χ3n) is 4.59. The number of furan rings is 1. The summed E-state index contributed by atoms with van der Waals surface area (Å²) in [6, 6.07) is 4.04. The van der Waals surface area contributed by atoms with Gasteiger partial charge in [-0.25, -0.2) is 4.98 Å². The van der Waals surface area contributed by atoms with Crippen molar-refractivity contribution in [2.75, 3.05) is 6.54 Å². The van der Waals surface area contributed by atoms with Gasteiger partial charge in [0, 0.05) is 19.0 Å². The van der Waals surface area contributed by atoms with Crippen LogP contribution >= 0.6 is 0 Å². The number of hydrogen-bond donors (Lipinski definition) is 1. The number of carbonyl (C=O) groups is 1. The van der Waals surface area contributed by atoms with Crippen molar-refractivity contribution in [3.63, 3.8) is 0 Å². The van der Waals surface area contributed by atoms with Gasteiger partial charge in [0.15, 0.2) is 0 Å². The van der Waals surface area contributed by atoms with Crippen LogP contribution in [0.25, 0.3) is 0 Å². The molecule has 1 aliphatic heterocycles. The molecule has 2 aliphatic rings. The first-order valence-corrected chi connectivity index (χ1v) is 8.28. The van der Waals surface area contributed by atoms with Gasteiger partial charge in [-0.2, -0.15) is 0 Å². The lowest BCUT2D eigenvalue weighted by molar-refractivity contribution is -0.122. The Morgan fingerprint density at radius 3 is 3.00 bits per heavy atom. The summed E-state index contributed by atoms with van der Waals surface area (Å²) in [6.07, 6.45) is 3.97. The SMILES string of the molecule is Cc1ccc(CN2CCn3c(CNC(=O)C4CC4)cnc3C2)o1. The van der Waals surface area contributed by atoms with Crippen LogP contribution in [-0.4, -0.2) is 26.9 Å². The summed E-state index contributed by atoms with van der Waals surface area (Å²) < 4.78 is 7.89. The molecular formula is C17H22N4O2. The number of carbonyl (C=O) groups excluding carboxylic acids is 1. The highest BCUT2D eigenvalue weighted by Crippen LogP contribution is 2.28. The number of aryl methyl sites for hydroxylation is 1. The lowest BCUT2D eigenvalue weighted by Crippen LogP contribution is -2.34. The molecule has 0 unspecified atom stereocenters. The molecule has 2 aromatic heterocycles. The predicted octanol–water partition coefficient (Wildman–Crippen LogP) is 1.83. The molecule has 6 nitrogen and oxygen atoms in total. The first-order valence-electron chi connectivity index (χ1n) is 8.28. The molecule has 122 valence electrons. The van der Waals surface area contributed by atoms with Crippen molar-refractivity contribution in [3.8, 4) is 0 Å². The largest absolute Gasteiger partial charge is 0.465 e. The molecule has 0 spiro atoms. The first-order chi connectivity index (χ1) is 11.2. The number of nitrogens with one attached hydrogen (secondary N) is 1. The van der Waals surface area contributed by atoms with Gasteiger partial charge >= 0.3 is 0 Å². The molecule has 0 radical (unpaired) electrons. The van der Waals surface area contributed by atoms with E-state index in [1.54, 1.807) is 0 Å². The molecule has 23 heavy (non-hydrogen) atoms. The van der Waals surface area contributed by atoms with E-state index in [9.17, 15) is 4.79 Å². The fourth-order valence-corrected chi connectivity index (χ4v) is 3.11. The van der Waals surface area contributed by atoms with Crippen molar-refractivity contribution < 1.29 is 9.21 Å². The summed E-state index contributed by atoms with van der Waals surface area (Å²) in [7, 11) is 0. The van der Waals surface area contributed by atoms with Crippen LogP contribution in [0.2, 0.25) is 0 Å². The second-order valence-corrected chi connectivity index (χ2v) is 6.53. The minimum Gasteiger partial charge on any atom is -0.465 e. The normalized spacial score (nSPS) is 18.0. The Morgan fingerprint density at radius 1 is 1.39 bits per heavy atom. The van der Waals surface area contributed by atoms with Crippen molar-refractivity contribution in [3.05, 3.63) is 41.4 Å². The second-order valence-electron chi connectivity index (χ2n) is 6.53. The molecule has 4 rings (SSSR count). The average Bonchev–Trinajstić information content (AvgIpc) is 3.21. The standard InChI is InChI=1S/C17H22N4O2/c1-12-2-5-15(23-12)10-20-6-7-21-14(8-18-16(21)11-20)9-19-17(22)13-3-4-13/h2,5,8,13H,3-4,6-7,9-11H2,1H3,(H,19,22). The van der Waals surface area contributed by atoms with E-state index in [0.29, 0.717) is 6.54 Å². The predicted molar refractivity (Wildman–Crippen MR) is 84.4 cm³/mol. The fourth-order valence-electron chi connectivity index (χ4n) is 3.11. The molecule has 1 aliphatic carbocycles. The number of nitrogens with zero attached hydrogens (tertiary/aromatic N) is 3. The number of amides is 1. The highest BCUT2D eigenvalue weighted by molar-refractivity contribution is 5.80. The Kier molecular flexibility index (Phi) is 3.69. The van der Waals surface area contributed by atoms with E-state index in [1.807, 2.05) is 25.3 Å². The van der Waals surface area contributed by atoms with Crippen LogP contribution < -0.4 is 5.32 Å². The number of fused-ring (bicyclic) bond motifs is 1. The molecule has 2 aromatic rings. The van der Waals surface area contributed by atoms with Crippen molar-refractivity contribution >= 4 is 5.91 Å². The highest BCUT2D eigenvalue weighted by atomic mass is 16.3. The Bertz CT molecular complexity index is 714. The monoisotopic (exact) mass is 314 g/mol. The van der Waals surface area contributed by atoms with E-state index in [-0.39, 0.29) is 11.8 Å². The molecule has 0 bridgehead atoms. The van der Waals surface area contributed by atoms with Crippen LogP contribution in [0.5, 0.6) is 0 Å². The van der Waals surface area contributed by atoms with Crippen LogP contribution in [0.3, 0.4) is 0 Å². The summed E-state index contributed by atoms with van der Waals surface area (Å²) in [6.45, 7) is 6.05. The third kappa shape index (κ3) is 3.17. The summed E-state index contributed by atoms with van der Waals surface area (Å²) >= 11 is 0. The van der Waals surface area contributed by atoms with Crippen LogP contribution in [0.4, 0.5) is 0 Å². The van der Waals surface area contributed by atoms with Crippen LogP contribution in [0.1, 0.15) is 35.9 Å². The zero-order chi connectivity index (χ0) is 15.8. The number of aromatic nitrogens is 2. The van der Waals surface area contributed by atoms with E-state index in [2.05, 4.69) is 19.8 Å². The first kappa shape index (κ1) is 14.5. The van der Waals surface area contributed by atoms with Gasteiger partial charge in [-0.3, -0.25) is 9.69 Å². The maximum absolute atomic E-state index is 11.8. The molecule has 1 N–H and O–H groups in total. The van der Waals surface area contributed by atoms with E-state index >= 15 is 0 Å². The number of hydrogen-bond acceptors (Lipinski definition) is 4. The van der Waals surface area contributed by atoms with Crippen LogP contribution in [0, 0.1) is 12.8 Å². The fraction of sp³-hybridized carbons (Fsp3) is 0.529. The van der Waals surface area contributed by atoms with Crippen LogP contribution in [0.15, 0.2) is 22.7 Å². The molecule has 0 saturated heterocycles. The number of rotatable bonds is 5. The quantitative estimate of drug-likeness (QED) is 0.914. The molecule has 1 amide bonds. The molecule has 1 saturated carbocycles. The Labute approximate surface area is 135 Å². The van der Waals surface area contributed by atoms with Crippen molar-refractivity contribution in [1.82, 2.24) is 19.8 Å². The van der Waals surface area contributed by atoms with Gasteiger partial charge in [0.25, 0.3) is 0 Å². The molecular weight excluding hydrogens is 292 g/mol. The van der Waals surface area contributed by atoms with Gasteiger partial charge in [0.05, 0.1) is 31.5 Å². The number of imidazole rings is 1. The lowest BCUT2D eigenvalue weighted by atomic mass is 10.3. The molecule has 0 atom stereocenters. The summed E-state index contributed by atoms with van der Waals surface area (Å²) in [5, 5.41) is 3.02. The minimum atomic E-state index is 0.186. The van der Waals surface area contributed by atoms with Crippen LogP contribution in [-0.2, 0) is 31.0 Å². The maximum atomic E-state index is 11.8. The van der Waals surface area contributed by atoms with E-state index in [1.165, 1.54) is 0 Å². The summed E-state index contributed by atoms with van der Waals surface area (Å²) in [5.41, 5.74) is 1.10. The van der Waals surface area contributed by atoms with Gasteiger partial charge in [0.2, 0.25) is 5.91 Å². The van der Waals surface area contributed by atoms with Crippen molar-refractivity contribution in [2.24, 2.45) is 5.92 Å².